The second kappa shape index (κ2) is 11.8. The van der Waals surface area contributed by atoms with Crippen LogP contribution in [0.5, 0.6) is 5.75 Å². The normalized spacial score (nSPS) is 18.0. The van der Waals surface area contributed by atoms with Crippen molar-refractivity contribution < 1.29 is 19.4 Å². The minimum Gasteiger partial charge on any atom is -0.508 e. The van der Waals surface area contributed by atoms with Crippen LogP contribution in [0.2, 0.25) is 0 Å². The van der Waals surface area contributed by atoms with Gasteiger partial charge in [0.05, 0.1) is 24.6 Å². The Morgan fingerprint density at radius 1 is 1.09 bits per heavy atom. The van der Waals surface area contributed by atoms with Crippen molar-refractivity contribution in [3.8, 4) is 28.3 Å². The lowest BCUT2D eigenvalue weighted by atomic mass is 9.57. The average Bonchev–Trinajstić information content (AvgIpc) is 3.35. The number of nitrogens with one attached hydrogen (secondary N) is 1. The molecule has 1 saturated carbocycles. The molecular formula is C36H39N5O4. The van der Waals surface area contributed by atoms with Crippen LogP contribution in [0.3, 0.4) is 0 Å². The number of morpholine rings is 1. The maximum absolute atomic E-state index is 12.9. The molecule has 3 fully saturated rings. The van der Waals surface area contributed by atoms with Gasteiger partial charge in [0.2, 0.25) is 5.91 Å². The molecule has 4 aromatic rings. The van der Waals surface area contributed by atoms with Gasteiger partial charge in [-0.05, 0) is 54.0 Å². The highest BCUT2D eigenvalue weighted by atomic mass is 16.5. The minimum absolute atomic E-state index is 0.00404. The van der Waals surface area contributed by atoms with Gasteiger partial charge in [0.1, 0.15) is 11.6 Å². The van der Waals surface area contributed by atoms with Gasteiger partial charge in [0, 0.05) is 74.3 Å². The third kappa shape index (κ3) is 5.51. The summed E-state index contributed by atoms with van der Waals surface area (Å²) in [5, 5.41) is 15.8. The summed E-state index contributed by atoms with van der Waals surface area (Å²) in [5.41, 5.74) is 4.32. The zero-order valence-corrected chi connectivity index (χ0v) is 25.7. The van der Waals surface area contributed by atoms with Crippen molar-refractivity contribution in [3.05, 3.63) is 84.7 Å². The van der Waals surface area contributed by atoms with E-state index in [2.05, 4.69) is 34.5 Å². The van der Waals surface area contributed by atoms with Crippen LogP contribution in [0.4, 0.5) is 0 Å². The van der Waals surface area contributed by atoms with E-state index in [-0.39, 0.29) is 28.9 Å². The number of rotatable bonds is 8. The Kier molecular flexibility index (Phi) is 7.67. The second-order valence-electron chi connectivity index (χ2n) is 12.7. The van der Waals surface area contributed by atoms with Crippen molar-refractivity contribution in [1.82, 2.24) is 24.7 Å². The average molecular weight is 606 g/mol. The largest absolute Gasteiger partial charge is 0.508 e. The van der Waals surface area contributed by atoms with Gasteiger partial charge in [0.25, 0.3) is 5.91 Å². The van der Waals surface area contributed by atoms with E-state index in [0.717, 1.165) is 97.9 Å². The van der Waals surface area contributed by atoms with E-state index in [1.165, 1.54) is 6.08 Å². The van der Waals surface area contributed by atoms with E-state index in [0.29, 0.717) is 12.1 Å². The SMILES string of the molecule is C=CC(=O)N1CC2(CC(c3nc(-c4ccc(C(=O)NCCN5CCOCC5)cc4)c(-c4cc(O)cc5ccccc45)n3C)C2)C1. The monoisotopic (exact) mass is 605 g/mol. The van der Waals surface area contributed by atoms with Crippen LogP contribution in [0.1, 0.15) is 34.9 Å². The Hall–Kier alpha value is -4.47. The van der Waals surface area contributed by atoms with Crippen LogP contribution >= 0.6 is 0 Å². The van der Waals surface area contributed by atoms with Crippen LogP contribution in [0.25, 0.3) is 33.3 Å². The Labute approximate surface area is 263 Å². The zero-order chi connectivity index (χ0) is 31.1. The molecule has 0 radical (unpaired) electrons. The lowest BCUT2D eigenvalue weighted by molar-refractivity contribution is -0.146. The van der Waals surface area contributed by atoms with Gasteiger partial charge in [-0.3, -0.25) is 14.5 Å². The van der Waals surface area contributed by atoms with Crippen molar-refractivity contribution in [2.45, 2.75) is 18.8 Å². The summed E-state index contributed by atoms with van der Waals surface area (Å²) >= 11 is 0. The van der Waals surface area contributed by atoms with Gasteiger partial charge in [-0.1, -0.05) is 43.0 Å². The molecule has 0 atom stereocenters. The fraction of sp³-hybridized carbons (Fsp3) is 0.361. The standard InChI is InChI=1S/C36H39N5O4/c1-3-31(43)41-22-36(23-41)20-27(21-36)34-38-32(33(39(34)2)30-19-28(42)18-26-6-4-5-7-29(26)30)24-8-10-25(11-9-24)35(44)37-12-13-40-14-16-45-17-15-40/h3-11,18-19,27,42H,1,12-17,20-23H2,2H3,(H,37,44). The maximum atomic E-state index is 12.9. The van der Waals surface area contributed by atoms with Gasteiger partial charge < -0.3 is 24.6 Å². The van der Waals surface area contributed by atoms with Crippen LogP contribution in [-0.4, -0.2) is 88.8 Å². The van der Waals surface area contributed by atoms with Crippen LogP contribution < -0.4 is 5.32 Å². The Morgan fingerprint density at radius 3 is 2.56 bits per heavy atom. The smallest absolute Gasteiger partial charge is 0.251 e. The van der Waals surface area contributed by atoms with Crippen LogP contribution in [-0.2, 0) is 16.6 Å². The first-order valence-corrected chi connectivity index (χ1v) is 15.7. The van der Waals surface area contributed by atoms with Crippen LogP contribution in [0.15, 0.2) is 73.3 Å². The van der Waals surface area contributed by atoms with E-state index in [1.54, 1.807) is 6.07 Å². The number of hydrogen-bond acceptors (Lipinski definition) is 6. The summed E-state index contributed by atoms with van der Waals surface area (Å²) in [5.74, 6) is 1.36. The molecule has 3 aromatic carbocycles. The Bertz CT molecular complexity index is 1760. The molecule has 3 aliphatic rings. The lowest BCUT2D eigenvalue weighted by Gasteiger charge is -2.58. The predicted octanol–water partition coefficient (Wildman–Crippen LogP) is 4.57. The van der Waals surface area contributed by atoms with E-state index in [1.807, 2.05) is 53.4 Å². The van der Waals surface area contributed by atoms with Crippen molar-refractivity contribution in [2.75, 3.05) is 52.5 Å². The van der Waals surface area contributed by atoms with Gasteiger partial charge in [-0.2, -0.15) is 0 Å². The fourth-order valence-electron chi connectivity index (χ4n) is 7.39. The Morgan fingerprint density at radius 2 is 1.82 bits per heavy atom. The number of fused-ring (bicyclic) bond motifs is 1. The van der Waals surface area contributed by atoms with Crippen molar-refractivity contribution >= 4 is 22.6 Å². The third-order valence-electron chi connectivity index (χ3n) is 9.73. The molecule has 9 nitrogen and oxygen atoms in total. The quantitative estimate of drug-likeness (QED) is 0.286. The van der Waals surface area contributed by atoms with Gasteiger partial charge in [-0.25, -0.2) is 4.98 Å². The number of carbonyl (C=O) groups excluding carboxylic acids is 2. The molecule has 232 valence electrons. The van der Waals surface area contributed by atoms with Gasteiger partial charge in [-0.15, -0.1) is 0 Å². The molecule has 0 unspecified atom stereocenters. The molecule has 1 aliphatic carbocycles. The van der Waals surface area contributed by atoms with Crippen molar-refractivity contribution in [2.24, 2.45) is 12.5 Å². The molecule has 45 heavy (non-hydrogen) atoms. The Balaban J connectivity index is 1.17. The highest BCUT2D eigenvalue weighted by Crippen LogP contribution is 2.56. The summed E-state index contributed by atoms with van der Waals surface area (Å²) in [4.78, 5) is 34.4. The maximum Gasteiger partial charge on any atom is 0.251 e. The number of aromatic hydroxyl groups is 1. The van der Waals surface area contributed by atoms with E-state index in [4.69, 9.17) is 9.72 Å². The minimum atomic E-state index is -0.0973. The number of carbonyl (C=O) groups is 2. The summed E-state index contributed by atoms with van der Waals surface area (Å²) in [6, 6.07) is 19.3. The summed E-state index contributed by atoms with van der Waals surface area (Å²) in [6.45, 7) is 9.81. The number of phenols is 1. The molecule has 0 bridgehead atoms. The second-order valence-corrected chi connectivity index (χ2v) is 12.7. The van der Waals surface area contributed by atoms with Gasteiger partial charge >= 0.3 is 0 Å². The number of nitrogens with zero attached hydrogens (tertiary/aromatic N) is 4. The molecule has 9 heteroatoms. The first-order chi connectivity index (χ1) is 21.8. The van der Waals surface area contributed by atoms with Crippen molar-refractivity contribution in [3.63, 3.8) is 0 Å². The first-order valence-electron chi connectivity index (χ1n) is 15.7. The molecule has 1 spiro atoms. The zero-order valence-electron chi connectivity index (χ0n) is 25.7. The first kappa shape index (κ1) is 29.3. The number of benzene rings is 3. The highest BCUT2D eigenvalue weighted by molar-refractivity contribution is 6.00. The molecule has 2 saturated heterocycles. The number of hydrogen-bond donors (Lipinski definition) is 2. The predicted molar refractivity (Wildman–Crippen MR) is 174 cm³/mol. The number of likely N-dealkylation sites (tertiary alicyclic amines) is 1. The molecule has 2 amide bonds. The summed E-state index contributed by atoms with van der Waals surface area (Å²) in [6.07, 6.45) is 3.34. The topological polar surface area (TPSA) is 99.9 Å². The number of imidazole rings is 1. The van der Waals surface area contributed by atoms with E-state index < -0.39 is 0 Å². The molecule has 7 rings (SSSR count). The number of phenolic OH excluding ortho intramolecular Hbond substituents is 1. The molecule has 2 N–H and O–H groups in total. The molecular weight excluding hydrogens is 566 g/mol. The van der Waals surface area contributed by atoms with Gasteiger partial charge in [0.15, 0.2) is 0 Å². The van der Waals surface area contributed by atoms with E-state index >= 15 is 0 Å². The number of amides is 2. The highest BCUT2D eigenvalue weighted by Gasteiger charge is 2.54. The molecule has 3 heterocycles. The van der Waals surface area contributed by atoms with Crippen LogP contribution in [0, 0.1) is 5.41 Å². The van der Waals surface area contributed by atoms with E-state index in [9.17, 15) is 14.7 Å². The molecule has 1 aromatic heterocycles. The molecule has 2 aliphatic heterocycles. The number of aromatic nitrogens is 2. The van der Waals surface area contributed by atoms with Crippen molar-refractivity contribution in [1.29, 1.82) is 0 Å². The summed E-state index contributed by atoms with van der Waals surface area (Å²) < 4.78 is 7.58. The summed E-state index contributed by atoms with van der Waals surface area (Å²) in [7, 11) is 2.05. The third-order valence-corrected chi connectivity index (χ3v) is 9.73. The lowest BCUT2D eigenvalue weighted by Crippen LogP contribution is -2.63. The number of ether oxygens (including phenoxy) is 1. The fourth-order valence-corrected chi connectivity index (χ4v) is 7.39.